The Morgan fingerprint density at radius 1 is 1.22 bits per heavy atom. The summed E-state index contributed by atoms with van der Waals surface area (Å²) in [5.41, 5.74) is 2.59. The number of piperidine rings is 1. The smallest absolute Gasteiger partial charge is 0.0601 e. The topological polar surface area (TPSA) is 18.5 Å². The Morgan fingerprint density at radius 2 is 1.89 bits per heavy atom. The van der Waals surface area contributed by atoms with Crippen molar-refractivity contribution in [2.45, 2.75) is 12.8 Å². The fraction of sp³-hybridized carbons (Fsp3) is 0.600. The minimum atomic E-state index is 0.859. The first-order valence-electron chi connectivity index (χ1n) is 6.87. The lowest BCUT2D eigenvalue weighted by atomic mass is 9.96. The van der Waals surface area contributed by atoms with Crippen molar-refractivity contribution < 1.29 is 0 Å². The van der Waals surface area contributed by atoms with Gasteiger partial charge in [0.05, 0.1) is 11.4 Å². The molecule has 1 fully saturated rings. The lowest BCUT2D eigenvalue weighted by molar-refractivity contribution is 0.285. The molecule has 0 atom stereocenters. The van der Waals surface area contributed by atoms with Crippen molar-refractivity contribution in [3.8, 4) is 0 Å². The predicted octanol–water partition coefficient (Wildman–Crippen LogP) is 2.51. The summed E-state index contributed by atoms with van der Waals surface area (Å²) in [6.45, 7) is 3.58. The molecule has 0 unspecified atom stereocenters. The summed E-state index contributed by atoms with van der Waals surface area (Å²) in [4.78, 5) is 4.82. The van der Waals surface area contributed by atoms with E-state index in [0.717, 1.165) is 5.92 Å². The zero-order valence-electron chi connectivity index (χ0n) is 11.8. The summed E-state index contributed by atoms with van der Waals surface area (Å²) < 4.78 is 0. The maximum atomic E-state index is 3.29. The third-order valence-corrected chi connectivity index (χ3v) is 3.75. The summed E-state index contributed by atoms with van der Waals surface area (Å²) >= 11 is 0. The van der Waals surface area contributed by atoms with Gasteiger partial charge in [0.1, 0.15) is 0 Å². The molecule has 0 bridgehead atoms. The number of rotatable bonds is 4. The molecule has 1 aliphatic heterocycles. The second-order valence-electron chi connectivity index (χ2n) is 5.46. The summed E-state index contributed by atoms with van der Waals surface area (Å²) in [6.07, 6.45) is 2.60. The highest BCUT2D eigenvalue weighted by atomic mass is 15.2. The lowest BCUT2D eigenvalue weighted by Crippen LogP contribution is -2.37. The van der Waals surface area contributed by atoms with Crippen molar-refractivity contribution in [2.24, 2.45) is 5.92 Å². The van der Waals surface area contributed by atoms with Crippen molar-refractivity contribution in [2.75, 3.05) is 51.0 Å². The van der Waals surface area contributed by atoms with Gasteiger partial charge >= 0.3 is 0 Å². The van der Waals surface area contributed by atoms with Gasteiger partial charge in [-0.25, -0.2) is 0 Å². The Balaban J connectivity index is 1.97. The second kappa shape index (κ2) is 6.10. The molecule has 3 nitrogen and oxygen atoms in total. The summed E-state index contributed by atoms with van der Waals surface area (Å²) in [5.74, 6) is 0.859. The maximum Gasteiger partial charge on any atom is 0.0601 e. The van der Waals surface area contributed by atoms with Crippen molar-refractivity contribution in [1.29, 1.82) is 0 Å². The Bertz CT molecular complexity index is 368. The van der Waals surface area contributed by atoms with Crippen LogP contribution in [-0.2, 0) is 0 Å². The zero-order chi connectivity index (χ0) is 13.0. The van der Waals surface area contributed by atoms with Crippen LogP contribution >= 0.6 is 0 Å². The van der Waals surface area contributed by atoms with Gasteiger partial charge in [-0.3, -0.25) is 0 Å². The number of hydrogen-bond acceptors (Lipinski definition) is 3. The van der Waals surface area contributed by atoms with E-state index in [1.165, 1.54) is 43.9 Å². The van der Waals surface area contributed by atoms with E-state index in [4.69, 9.17) is 0 Å². The molecule has 100 valence electrons. The molecule has 0 spiro atoms. The average Bonchev–Trinajstić information content (AvgIpc) is 2.39. The van der Waals surface area contributed by atoms with E-state index in [2.05, 4.69) is 53.5 Å². The van der Waals surface area contributed by atoms with E-state index < -0.39 is 0 Å². The summed E-state index contributed by atoms with van der Waals surface area (Å²) in [6, 6.07) is 8.59. The molecule has 3 heteroatoms. The number of nitrogens with zero attached hydrogens (tertiary/aromatic N) is 2. The van der Waals surface area contributed by atoms with Gasteiger partial charge in [0.15, 0.2) is 0 Å². The van der Waals surface area contributed by atoms with Gasteiger partial charge in [-0.2, -0.15) is 0 Å². The number of benzene rings is 1. The van der Waals surface area contributed by atoms with Gasteiger partial charge in [-0.15, -0.1) is 0 Å². The highest BCUT2D eigenvalue weighted by molar-refractivity contribution is 5.69. The lowest BCUT2D eigenvalue weighted by Gasteiger charge is -2.35. The molecule has 18 heavy (non-hydrogen) atoms. The molecule has 0 aromatic heterocycles. The fourth-order valence-electron chi connectivity index (χ4n) is 2.83. The standard InChI is InChI=1S/C15H25N3/c1-16-14-6-4-5-7-15(14)18-10-8-13(9-11-18)12-17(2)3/h4-7,13,16H,8-12H2,1-3H3. The van der Waals surface area contributed by atoms with Crippen LogP contribution in [0.5, 0.6) is 0 Å². The van der Waals surface area contributed by atoms with E-state index in [0.29, 0.717) is 0 Å². The quantitative estimate of drug-likeness (QED) is 0.882. The Morgan fingerprint density at radius 3 is 2.50 bits per heavy atom. The van der Waals surface area contributed by atoms with Crippen molar-refractivity contribution >= 4 is 11.4 Å². The van der Waals surface area contributed by atoms with Crippen LogP contribution in [-0.4, -0.2) is 45.7 Å². The fourth-order valence-corrected chi connectivity index (χ4v) is 2.83. The number of anilines is 2. The van der Waals surface area contributed by atoms with Gasteiger partial charge in [0.2, 0.25) is 0 Å². The SMILES string of the molecule is CNc1ccccc1N1CCC(CN(C)C)CC1. The van der Waals surface area contributed by atoms with E-state index in [9.17, 15) is 0 Å². The van der Waals surface area contributed by atoms with E-state index in [-0.39, 0.29) is 0 Å². The maximum absolute atomic E-state index is 3.29. The van der Waals surface area contributed by atoms with Crippen molar-refractivity contribution in [3.05, 3.63) is 24.3 Å². The molecule has 2 rings (SSSR count). The monoisotopic (exact) mass is 247 g/mol. The van der Waals surface area contributed by atoms with Gasteiger partial charge in [0.25, 0.3) is 0 Å². The number of hydrogen-bond donors (Lipinski definition) is 1. The van der Waals surface area contributed by atoms with Gasteiger partial charge < -0.3 is 15.1 Å². The largest absolute Gasteiger partial charge is 0.386 e. The zero-order valence-corrected chi connectivity index (χ0v) is 11.8. The first kappa shape index (κ1) is 13.2. The molecular formula is C15H25N3. The highest BCUT2D eigenvalue weighted by Gasteiger charge is 2.20. The first-order chi connectivity index (χ1) is 8.70. The third-order valence-electron chi connectivity index (χ3n) is 3.75. The van der Waals surface area contributed by atoms with Crippen molar-refractivity contribution in [3.63, 3.8) is 0 Å². The molecule has 1 saturated heterocycles. The van der Waals surface area contributed by atoms with Crippen LogP contribution in [0.15, 0.2) is 24.3 Å². The Hall–Kier alpha value is -1.22. The van der Waals surface area contributed by atoms with Crippen LogP contribution in [0.2, 0.25) is 0 Å². The highest BCUT2D eigenvalue weighted by Crippen LogP contribution is 2.29. The summed E-state index contributed by atoms with van der Waals surface area (Å²) in [7, 11) is 6.34. The van der Waals surface area contributed by atoms with E-state index >= 15 is 0 Å². The predicted molar refractivity (Wildman–Crippen MR) is 79.5 cm³/mol. The molecule has 1 N–H and O–H groups in total. The van der Waals surface area contributed by atoms with E-state index in [1.54, 1.807) is 0 Å². The second-order valence-corrected chi connectivity index (χ2v) is 5.46. The van der Waals surface area contributed by atoms with Crippen LogP contribution in [0.4, 0.5) is 11.4 Å². The van der Waals surface area contributed by atoms with E-state index in [1.807, 2.05) is 7.05 Å². The molecule has 0 saturated carbocycles. The van der Waals surface area contributed by atoms with Gasteiger partial charge in [0, 0.05) is 26.7 Å². The Labute approximate surface area is 111 Å². The minimum Gasteiger partial charge on any atom is -0.386 e. The first-order valence-corrected chi connectivity index (χ1v) is 6.87. The molecule has 0 radical (unpaired) electrons. The molecular weight excluding hydrogens is 222 g/mol. The Kier molecular flexibility index (Phi) is 4.48. The third kappa shape index (κ3) is 3.16. The van der Waals surface area contributed by atoms with Crippen LogP contribution in [0.1, 0.15) is 12.8 Å². The van der Waals surface area contributed by atoms with Gasteiger partial charge in [-0.05, 0) is 45.0 Å². The molecule has 1 aromatic rings. The molecule has 1 aromatic carbocycles. The normalized spacial score (nSPS) is 17.2. The minimum absolute atomic E-state index is 0.859. The average molecular weight is 247 g/mol. The molecule has 0 aliphatic carbocycles. The van der Waals surface area contributed by atoms with Crippen LogP contribution in [0.3, 0.4) is 0 Å². The molecule has 0 amide bonds. The van der Waals surface area contributed by atoms with Crippen LogP contribution in [0, 0.1) is 5.92 Å². The number of para-hydroxylation sites is 2. The van der Waals surface area contributed by atoms with Gasteiger partial charge in [-0.1, -0.05) is 12.1 Å². The van der Waals surface area contributed by atoms with Crippen LogP contribution in [0.25, 0.3) is 0 Å². The van der Waals surface area contributed by atoms with Crippen molar-refractivity contribution in [1.82, 2.24) is 4.90 Å². The van der Waals surface area contributed by atoms with Crippen LogP contribution < -0.4 is 10.2 Å². The number of nitrogens with one attached hydrogen (secondary N) is 1. The molecule has 1 heterocycles. The summed E-state index contributed by atoms with van der Waals surface area (Å²) in [5, 5.41) is 3.29. The molecule has 1 aliphatic rings.